The van der Waals surface area contributed by atoms with Gasteiger partial charge in [-0.15, -0.1) is 0 Å². The zero-order valence-corrected chi connectivity index (χ0v) is 16.0. The number of aromatic nitrogens is 1. The number of benzene rings is 1. The second-order valence-corrected chi connectivity index (χ2v) is 7.72. The average molecular weight is 370 g/mol. The van der Waals surface area contributed by atoms with E-state index >= 15 is 0 Å². The molecule has 1 aromatic carbocycles. The Morgan fingerprint density at radius 1 is 1.00 bits per heavy atom. The first kappa shape index (κ1) is 18.9. The smallest absolute Gasteiger partial charge is 0.223 e. The number of carbonyl (C=O) groups excluding carboxylic acids is 1. The molecule has 2 heterocycles. The first-order valence-electron chi connectivity index (χ1n) is 9.33. The van der Waals surface area contributed by atoms with E-state index in [4.69, 9.17) is 0 Å². The summed E-state index contributed by atoms with van der Waals surface area (Å²) in [7, 11) is 0. The summed E-state index contributed by atoms with van der Waals surface area (Å²) in [4.78, 5) is 21.4. The van der Waals surface area contributed by atoms with Crippen molar-refractivity contribution in [3.05, 3.63) is 66.0 Å². The number of carbonyl (C=O) groups is 1. The molecule has 4 nitrogen and oxygen atoms in total. The number of rotatable bonds is 7. The molecule has 1 amide bonds. The molecule has 26 heavy (non-hydrogen) atoms. The lowest BCUT2D eigenvalue weighted by atomic mass is 10.2. The van der Waals surface area contributed by atoms with E-state index in [-0.39, 0.29) is 0 Å². The minimum Gasteiger partial charge on any atom is -0.341 e. The summed E-state index contributed by atoms with van der Waals surface area (Å²) < 4.78 is 0. The Hall–Kier alpha value is -1.85. The Morgan fingerprint density at radius 2 is 1.85 bits per heavy atom. The van der Waals surface area contributed by atoms with Gasteiger partial charge in [0, 0.05) is 56.8 Å². The van der Waals surface area contributed by atoms with Crippen LogP contribution in [0.4, 0.5) is 0 Å². The molecule has 0 aliphatic carbocycles. The summed E-state index contributed by atoms with van der Waals surface area (Å²) in [5, 5.41) is 0. The fourth-order valence-electron chi connectivity index (χ4n) is 3.18. The summed E-state index contributed by atoms with van der Waals surface area (Å²) in [5.74, 6) is 2.17. The number of pyridine rings is 1. The molecular formula is C21H27N3OS. The number of amides is 1. The third-order valence-corrected chi connectivity index (χ3v) is 5.66. The molecule has 1 aromatic heterocycles. The lowest BCUT2D eigenvalue weighted by Crippen LogP contribution is -2.35. The normalized spacial score (nSPS) is 15.6. The highest BCUT2D eigenvalue weighted by Crippen LogP contribution is 2.14. The van der Waals surface area contributed by atoms with Gasteiger partial charge in [-0.3, -0.25) is 14.7 Å². The number of nitrogens with zero attached hydrogens (tertiary/aromatic N) is 3. The molecular weight excluding hydrogens is 342 g/mol. The Balaban J connectivity index is 1.37. The van der Waals surface area contributed by atoms with E-state index in [2.05, 4.69) is 40.2 Å². The summed E-state index contributed by atoms with van der Waals surface area (Å²) in [6.45, 7) is 4.54. The molecule has 3 rings (SSSR count). The van der Waals surface area contributed by atoms with E-state index in [1.54, 1.807) is 0 Å². The highest BCUT2D eigenvalue weighted by Gasteiger charge is 2.19. The fraction of sp³-hybridized carbons (Fsp3) is 0.429. The van der Waals surface area contributed by atoms with Crippen molar-refractivity contribution in [1.29, 1.82) is 0 Å². The number of hydrogen-bond acceptors (Lipinski definition) is 4. The molecule has 0 unspecified atom stereocenters. The highest BCUT2D eigenvalue weighted by atomic mass is 32.2. The van der Waals surface area contributed by atoms with Gasteiger partial charge in [0.2, 0.25) is 5.91 Å². The van der Waals surface area contributed by atoms with Crippen molar-refractivity contribution in [3.8, 4) is 0 Å². The zero-order chi connectivity index (χ0) is 18.0. The van der Waals surface area contributed by atoms with Gasteiger partial charge >= 0.3 is 0 Å². The van der Waals surface area contributed by atoms with Gasteiger partial charge in [-0.25, -0.2) is 0 Å². The van der Waals surface area contributed by atoms with Crippen molar-refractivity contribution in [1.82, 2.24) is 14.8 Å². The Labute approximate surface area is 160 Å². The van der Waals surface area contributed by atoms with Crippen LogP contribution in [0.5, 0.6) is 0 Å². The molecule has 0 N–H and O–H groups in total. The van der Waals surface area contributed by atoms with E-state index in [1.165, 1.54) is 5.56 Å². The van der Waals surface area contributed by atoms with E-state index in [1.807, 2.05) is 41.1 Å². The van der Waals surface area contributed by atoms with Gasteiger partial charge < -0.3 is 4.90 Å². The van der Waals surface area contributed by atoms with Crippen LogP contribution < -0.4 is 0 Å². The number of thioether (sulfide) groups is 1. The molecule has 1 aliphatic rings. The van der Waals surface area contributed by atoms with Gasteiger partial charge in [0.25, 0.3) is 0 Å². The molecule has 138 valence electrons. The second kappa shape index (κ2) is 10.3. The summed E-state index contributed by atoms with van der Waals surface area (Å²) >= 11 is 1.84. The molecule has 0 atom stereocenters. The quantitative estimate of drug-likeness (QED) is 0.701. The van der Waals surface area contributed by atoms with Crippen molar-refractivity contribution in [2.24, 2.45) is 0 Å². The molecule has 1 aliphatic heterocycles. The number of hydrogen-bond donors (Lipinski definition) is 0. The second-order valence-electron chi connectivity index (χ2n) is 6.62. The molecule has 0 spiro atoms. The predicted octanol–water partition coefficient (Wildman–Crippen LogP) is 3.44. The van der Waals surface area contributed by atoms with Gasteiger partial charge in [0.1, 0.15) is 0 Å². The van der Waals surface area contributed by atoms with Crippen molar-refractivity contribution < 1.29 is 4.79 Å². The molecule has 1 fully saturated rings. The lowest BCUT2D eigenvalue weighted by Gasteiger charge is -2.22. The Kier molecular flexibility index (Phi) is 7.52. The molecule has 5 heteroatoms. The Bertz CT molecular complexity index is 665. The van der Waals surface area contributed by atoms with Crippen molar-refractivity contribution in [2.75, 3.05) is 31.9 Å². The van der Waals surface area contributed by atoms with Gasteiger partial charge in [0.15, 0.2) is 0 Å². The fourth-order valence-corrected chi connectivity index (χ4v) is 4.07. The minimum atomic E-state index is 0.297. The van der Waals surface area contributed by atoms with Gasteiger partial charge in [-0.05, 0) is 24.1 Å². The van der Waals surface area contributed by atoms with Crippen molar-refractivity contribution in [2.45, 2.75) is 25.1 Å². The maximum Gasteiger partial charge on any atom is 0.223 e. The van der Waals surface area contributed by atoms with Crippen LogP contribution in [0.2, 0.25) is 0 Å². The topological polar surface area (TPSA) is 36.4 Å². The third kappa shape index (κ3) is 6.15. The van der Waals surface area contributed by atoms with Crippen LogP contribution in [-0.2, 0) is 17.1 Å². The summed E-state index contributed by atoms with van der Waals surface area (Å²) in [6.07, 6.45) is 3.52. The summed E-state index contributed by atoms with van der Waals surface area (Å²) in [5.41, 5.74) is 2.43. The maximum atomic E-state index is 12.5. The SMILES string of the molecule is O=C(CCSCc1ccccc1)N1CCCN(Cc2ccccn2)CC1. The standard InChI is InChI=1S/C21H27N3OS/c25-21(10-16-26-18-19-7-2-1-3-8-19)24-13-6-12-23(14-15-24)17-20-9-4-5-11-22-20/h1-5,7-9,11H,6,10,12-18H2. The lowest BCUT2D eigenvalue weighted by molar-refractivity contribution is -0.130. The van der Waals surface area contributed by atoms with Crippen LogP contribution in [0.3, 0.4) is 0 Å². The van der Waals surface area contributed by atoms with Gasteiger partial charge in [-0.2, -0.15) is 11.8 Å². The van der Waals surface area contributed by atoms with E-state index in [9.17, 15) is 4.79 Å². The van der Waals surface area contributed by atoms with E-state index < -0.39 is 0 Å². The van der Waals surface area contributed by atoms with Crippen LogP contribution in [0.15, 0.2) is 54.7 Å². The maximum absolute atomic E-state index is 12.5. The molecule has 2 aromatic rings. The molecule has 0 saturated carbocycles. The summed E-state index contributed by atoms with van der Waals surface area (Å²) in [6, 6.07) is 16.5. The third-order valence-electron chi connectivity index (χ3n) is 4.62. The van der Waals surface area contributed by atoms with Crippen LogP contribution in [0, 0.1) is 0 Å². The molecule has 1 saturated heterocycles. The molecule has 0 bridgehead atoms. The first-order chi connectivity index (χ1) is 12.8. The largest absolute Gasteiger partial charge is 0.341 e. The monoisotopic (exact) mass is 369 g/mol. The van der Waals surface area contributed by atoms with Gasteiger partial charge in [0.05, 0.1) is 5.69 Å². The minimum absolute atomic E-state index is 0.297. The van der Waals surface area contributed by atoms with Crippen molar-refractivity contribution in [3.63, 3.8) is 0 Å². The van der Waals surface area contributed by atoms with Crippen molar-refractivity contribution >= 4 is 17.7 Å². The van der Waals surface area contributed by atoms with E-state index in [0.29, 0.717) is 12.3 Å². The zero-order valence-electron chi connectivity index (χ0n) is 15.2. The molecule has 0 radical (unpaired) electrons. The average Bonchev–Trinajstić information content (AvgIpc) is 2.92. The predicted molar refractivity (Wildman–Crippen MR) is 108 cm³/mol. The highest BCUT2D eigenvalue weighted by molar-refractivity contribution is 7.98. The van der Waals surface area contributed by atoms with Crippen LogP contribution in [-0.4, -0.2) is 52.6 Å². The first-order valence-corrected chi connectivity index (χ1v) is 10.5. The van der Waals surface area contributed by atoms with Gasteiger partial charge in [-0.1, -0.05) is 36.4 Å². The van der Waals surface area contributed by atoms with Crippen LogP contribution in [0.1, 0.15) is 24.1 Å². The van der Waals surface area contributed by atoms with Crippen LogP contribution >= 0.6 is 11.8 Å². The van der Waals surface area contributed by atoms with Crippen LogP contribution in [0.25, 0.3) is 0 Å². The Morgan fingerprint density at radius 3 is 2.65 bits per heavy atom. The van der Waals surface area contributed by atoms with E-state index in [0.717, 1.165) is 56.3 Å².